The molecule has 1 N–H and O–H groups in total. The van der Waals surface area contributed by atoms with Gasteiger partial charge < -0.3 is 9.30 Å². The number of hydrogen-bond acceptors (Lipinski definition) is 4. The third-order valence-electron chi connectivity index (χ3n) is 3.82. The number of hydrogen-bond donors (Lipinski definition) is 1. The zero-order chi connectivity index (χ0) is 16.2. The van der Waals surface area contributed by atoms with Gasteiger partial charge in [0, 0.05) is 35.7 Å². The number of benzene rings is 1. The normalized spacial score (nSPS) is 12.3. The second kappa shape index (κ2) is 6.98. The average Bonchev–Trinajstić information content (AvgIpc) is 3.17. The second-order valence-electron chi connectivity index (χ2n) is 5.50. The summed E-state index contributed by atoms with van der Waals surface area (Å²) in [6.07, 6.45) is 3.80. The monoisotopic (exact) mass is 327 g/mol. The number of methoxy groups -OCH3 is 1. The van der Waals surface area contributed by atoms with E-state index in [0.717, 1.165) is 23.7 Å². The first-order valence-electron chi connectivity index (χ1n) is 7.57. The van der Waals surface area contributed by atoms with E-state index in [1.165, 1.54) is 9.75 Å². The molecular weight excluding hydrogens is 306 g/mol. The molecular formula is C18H21N3OS. The van der Waals surface area contributed by atoms with Gasteiger partial charge in [-0.3, -0.25) is 5.32 Å². The lowest BCUT2D eigenvalue weighted by atomic mass is 10.1. The fraction of sp³-hybridized carbons (Fsp3) is 0.278. The molecule has 5 heteroatoms. The third kappa shape index (κ3) is 3.63. The summed E-state index contributed by atoms with van der Waals surface area (Å²) in [6, 6.07) is 12.5. The summed E-state index contributed by atoms with van der Waals surface area (Å²) in [4.78, 5) is 7.18. The van der Waals surface area contributed by atoms with Crippen LogP contribution in [0.4, 0.5) is 0 Å². The Bertz CT molecular complexity index is 778. The maximum atomic E-state index is 5.37. The Hall–Kier alpha value is -2.11. The smallest absolute Gasteiger partial charge is 0.130 e. The minimum Gasteiger partial charge on any atom is -0.497 e. The molecule has 0 bridgehead atoms. The maximum Gasteiger partial charge on any atom is 0.130 e. The molecule has 0 saturated heterocycles. The summed E-state index contributed by atoms with van der Waals surface area (Å²) in [5.41, 5.74) is 1.15. The highest BCUT2D eigenvalue weighted by molar-refractivity contribution is 7.11. The molecule has 0 aliphatic carbocycles. The van der Waals surface area contributed by atoms with Crippen LogP contribution >= 0.6 is 11.3 Å². The van der Waals surface area contributed by atoms with E-state index >= 15 is 0 Å². The van der Waals surface area contributed by atoms with Gasteiger partial charge in [-0.25, -0.2) is 4.98 Å². The number of rotatable bonds is 6. The van der Waals surface area contributed by atoms with Crippen molar-refractivity contribution < 1.29 is 4.74 Å². The van der Waals surface area contributed by atoms with Gasteiger partial charge in [0.25, 0.3) is 0 Å². The highest BCUT2D eigenvalue weighted by Crippen LogP contribution is 2.25. The quantitative estimate of drug-likeness (QED) is 0.751. The van der Waals surface area contributed by atoms with Crippen LogP contribution in [-0.2, 0) is 13.6 Å². The summed E-state index contributed by atoms with van der Waals surface area (Å²) in [5.74, 6) is 1.85. The molecule has 1 aromatic carbocycles. The van der Waals surface area contributed by atoms with Crippen LogP contribution in [0.2, 0.25) is 0 Å². The van der Waals surface area contributed by atoms with Gasteiger partial charge in [-0.15, -0.1) is 11.3 Å². The van der Waals surface area contributed by atoms with Crippen LogP contribution in [0.15, 0.2) is 48.8 Å². The lowest BCUT2D eigenvalue weighted by molar-refractivity contribution is 0.413. The zero-order valence-corrected chi connectivity index (χ0v) is 14.4. The molecule has 0 saturated carbocycles. The summed E-state index contributed by atoms with van der Waals surface area (Å²) < 4.78 is 7.42. The van der Waals surface area contributed by atoms with E-state index < -0.39 is 0 Å². The van der Waals surface area contributed by atoms with Crippen molar-refractivity contribution >= 4 is 11.3 Å². The largest absolute Gasteiger partial charge is 0.497 e. The summed E-state index contributed by atoms with van der Waals surface area (Å²) in [6.45, 7) is 2.94. The van der Waals surface area contributed by atoms with Gasteiger partial charge in [-0.1, -0.05) is 12.1 Å². The Morgan fingerprint density at radius 1 is 1.30 bits per heavy atom. The second-order valence-corrected chi connectivity index (χ2v) is 6.87. The number of imidazole rings is 1. The molecule has 1 unspecified atom stereocenters. The number of aryl methyl sites for hydroxylation is 2. The minimum atomic E-state index is 0.0208. The molecule has 23 heavy (non-hydrogen) atoms. The van der Waals surface area contributed by atoms with Crippen molar-refractivity contribution in [2.75, 3.05) is 7.11 Å². The van der Waals surface area contributed by atoms with Gasteiger partial charge >= 0.3 is 0 Å². The van der Waals surface area contributed by atoms with Crippen LogP contribution in [-0.4, -0.2) is 16.7 Å². The number of aromatic nitrogens is 2. The standard InChI is InChI=1S/C18H21N3OS/c1-13-7-8-16(23-13)12-20-17(18-19-9-10-21(18)2)14-5-4-6-15(11-14)22-3/h4-11,17,20H,12H2,1-3H3. The molecule has 120 valence electrons. The molecule has 0 amide bonds. The summed E-state index contributed by atoms with van der Waals surface area (Å²) in [7, 11) is 3.71. The van der Waals surface area contributed by atoms with Crippen LogP contribution in [0.1, 0.15) is 27.2 Å². The Morgan fingerprint density at radius 3 is 2.83 bits per heavy atom. The fourth-order valence-corrected chi connectivity index (χ4v) is 3.46. The van der Waals surface area contributed by atoms with Crippen molar-refractivity contribution in [3.8, 4) is 5.75 Å². The Labute approximate surface area is 140 Å². The maximum absolute atomic E-state index is 5.37. The molecule has 0 radical (unpaired) electrons. The molecule has 0 spiro atoms. The lowest BCUT2D eigenvalue weighted by Crippen LogP contribution is -2.24. The molecule has 1 atom stereocenters. The van der Waals surface area contributed by atoms with Gasteiger partial charge in [0.1, 0.15) is 11.6 Å². The first-order chi connectivity index (χ1) is 11.2. The van der Waals surface area contributed by atoms with E-state index in [-0.39, 0.29) is 6.04 Å². The van der Waals surface area contributed by atoms with Crippen molar-refractivity contribution in [3.05, 3.63) is 69.9 Å². The Balaban J connectivity index is 1.88. The number of nitrogens with one attached hydrogen (secondary N) is 1. The molecule has 0 fully saturated rings. The molecule has 4 nitrogen and oxygen atoms in total. The highest BCUT2D eigenvalue weighted by atomic mass is 32.1. The molecule has 3 aromatic rings. The van der Waals surface area contributed by atoms with E-state index in [4.69, 9.17) is 4.74 Å². The predicted molar refractivity (Wildman–Crippen MR) is 93.9 cm³/mol. The summed E-state index contributed by atoms with van der Waals surface area (Å²) in [5, 5.41) is 3.63. The molecule has 0 aliphatic rings. The minimum absolute atomic E-state index is 0.0208. The SMILES string of the molecule is COc1cccc(C(NCc2ccc(C)s2)c2nccn2C)c1. The third-order valence-corrected chi connectivity index (χ3v) is 4.82. The Kier molecular flexibility index (Phi) is 4.79. The first kappa shape index (κ1) is 15.8. The van der Waals surface area contributed by atoms with E-state index in [1.807, 2.05) is 42.9 Å². The first-order valence-corrected chi connectivity index (χ1v) is 8.39. The number of thiophene rings is 1. The predicted octanol–water partition coefficient (Wildman–Crippen LogP) is 3.68. The van der Waals surface area contributed by atoms with Crippen LogP contribution in [0, 0.1) is 6.92 Å². The van der Waals surface area contributed by atoms with Gasteiger partial charge in [-0.2, -0.15) is 0 Å². The van der Waals surface area contributed by atoms with Crippen molar-refractivity contribution in [1.29, 1.82) is 0 Å². The van der Waals surface area contributed by atoms with Crippen LogP contribution in [0.5, 0.6) is 5.75 Å². The van der Waals surface area contributed by atoms with Gasteiger partial charge in [0.2, 0.25) is 0 Å². The van der Waals surface area contributed by atoms with Crippen LogP contribution in [0.3, 0.4) is 0 Å². The molecule has 0 aliphatic heterocycles. The molecule has 2 aromatic heterocycles. The van der Waals surface area contributed by atoms with E-state index in [2.05, 4.69) is 46.1 Å². The molecule has 2 heterocycles. The van der Waals surface area contributed by atoms with Crippen molar-refractivity contribution in [3.63, 3.8) is 0 Å². The van der Waals surface area contributed by atoms with Crippen molar-refractivity contribution in [1.82, 2.24) is 14.9 Å². The Morgan fingerprint density at radius 2 is 2.17 bits per heavy atom. The van der Waals surface area contributed by atoms with E-state index in [1.54, 1.807) is 7.11 Å². The van der Waals surface area contributed by atoms with Crippen LogP contribution in [0.25, 0.3) is 0 Å². The van der Waals surface area contributed by atoms with Gasteiger partial charge in [-0.05, 0) is 36.8 Å². The number of nitrogens with zero attached hydrogens (tertiary/aromatic N) is 2. The van der Waals surface area contributed by atoms with E-state index in [0.29, 0.717) is 0 Å². The lowest BCUT2D eigenvalue weighted by Gasteiger charge is -2.19. The zero-order valence-electron chi connectivity index (χ0n) is 13.6. The van der Waals surface area contributed by atoms with Gasteiger partial charge in [0.05, 0.1) is 13.2 Å². The van der Waals surface area contributed by atoms with Crippen molar-refractivity contribution in [2.45, 2.75) is 19.5 Å². The highest BCUT2D eigenvalue weighted by Gasteiger charge is 2.18. The van der Waals surface area contributed by atoms with E-state index in [9.17, 15) is 0 Å². The van der Waals surface area contributed by atoms with Gasteiger partial charge in [0.15, 0.2) is 0 Å². The number of ether oxygens (including phenoxy) is 1. The topological polar surface area (TPSA) is 39.1 Å². The fourth-order valence-electron chi connectivity index (χ4n) is 2.62. The average molecular weight is 327 g/mol. The van der Waals surface area contributed by atoms with Crippen molar-refractivity contribution in [2.24, 2.45) is 7.05 Å². The summed E-state index contributed by atoms with van der Waals surface area (Å²) >= 11 is 1.82. The van der Waals surface area contributed by atoms with Crippen LogP contribution < -0.4 is 10.1 Å². The molecule has 3 rings (SSSR count).